The van der Waals surface area contributed by atoms with E-state index in [-0.39, 0.29) is 5.69 Å². The number of nitrogens with zero attached hydrogens (tertiary/aromatic N) is 1. The standard InChI is InChI=1S/C20H15F4N3O2/c21-17-8-7-14(11-16(17)20(22,23)24)27-19(28)12-29-15-5-3-4-13(10-15)26-18-6-1-2-9-25-18/h1-11H,12H2,(H,25,26)(H,27,28). The van der Waals surface area contributed by atoms with Crippen molar-refractivity contribution in [2.45, 2.75) is 6.18 Å². The van der Waals surface area contributed by atoms with Gasteiger partial charge < -0.3 is 15.4 Å². The molecule has 0 bridgehead atoms. The average Bonchev–Trinajstić information content (AvgIpc) is 2.68. The van der Waals surface area contributed by atoms with E-state index in [0.717, 1.165) is 6.07 Å². The summed E-state index contributed by atoms with van der Waals surface area (Å²) in [6.45, 7) is -0.439. The van der Waals surface area contributed by atoms with Gasteiger partial charge in [0.2, 0.25) is 0 Å². The van der Waals surface area contributed by atoms with Crippen LogP contribution in [0.3, 0.4) is 0 Å². The van der Waals surface area contributed by atoms with Crippen LogP contribution >= 0.6 is 0 Å². The first-order valence-corrected chi connectivity index (χ1v) is 8.39. The third-order valence-electron chi connectivity index (χ3n) is 3.70. The zero-order valence-corrected chi connectivity index (χ0v) is 14.8. The summed E-state index contributed by atoms with van der Waals surface area (Å²) >= 11 is 0. The van der Waals surface area contributed by atoms with Gasteiger partial charge in [0.15, 0.2) is 6.61 Å². The number of carbonyl (C=O) groups is 1. The van der Waals surface area contributed by atoms with E-state index in [1.54, 1.807) is 42.6 Å². The molecule has 0 saturated carbocycles. The maximum Gasteiger partial charge on any atom is 0.419 e. The number of rotatable bonds is 6. The number of hydrogen-bond donors (Lipinski definition) is 2. The minimum Gasteiger partial charge on any atom is -0.484 e. The normalized spacial score (nSPS) is 11.0. The van der Waals surface area contributed by atoms with Crippen molar-refractivity contribution < 1.29 is 27.1 Å². The Morgan fingerprint density at radius 3 is 2.55 bits per heavy atom. The van der Waals surface area contributed by atoms with Gasteiger partial charge in [-0.1, -0.05) is 12.1 Å². The summed E-state index contributed by atoms with van der Waals surface area (Å²) in [6.07, 6.45) is -3.23. The van der Waals surface area contributed by atoms with Crippen molar-refractivity contribution in [1.82, 2.24) is 4.98 Å². The highest BCUT2D eigenvalue weighted by Crippen LogP contribution is 2.33. The monoisotopic (exact) mass is 405 g/mol. The number of amides is 1. The molecule has 0 fully saturated rings. The molecule has 150 valence electrons. The van der Waals surface area contributed by atoms with Gasteiger partial charge in [-0.05, 0) is 42.5 Å². The van der Waals surface area contributed by atoms with Gasteiger partial charge in [-0.25, -0.2) is 9.37 Å². The van der Waals surface area contributed by atoms with Crippen LogP contribution < -0.4 is 15.4 Å². The number of alkyl halides is 3. The second-order valence-corrected chi connectivity index (χ2v) is 5.90. The van der Waals surface area contributed by atoms with Crippen molar-refractivity contribution in [1.29, 1.82) is 0 Å². The van der Waals surface area contributed by atoms with Crippen LogP contribution in [0.1, 0.15) is 5.56 Å². The van der Waals surface area contributed by atoms with Crippen LogP contribution in [0.5, 0.6) is 5.75 Å². The van der Waals surface area contributed by atoms with Gasteiger partial charge in [-0.15, -0.1) is 0 Å². The number of halogens is 4. The Morgan fingerprint density at radius 1 is 1.00 bits per heavy atom. The lowest BCUT2D eigenvalue weighted by Gasteiger charge is -2.12. The fraction of sp³-hybridized carbons (Fsp3) is 0.100. The molecular formula is C20H15F4N3O2. The van der Waals surface area contributed by atoms with Crippen molar-refractivity contribution in [2.75, 3.05) is 17.2 Å². The Bertz CT molecular complexity index is 995. The molecule has 5 nitrogen and oxygen atoms in total. The van der Waals surface area contributed by atoms with E-state index in [4.69, 9.17) is 4.74 Å². The van der Waals surface area contributed by atoms with Crippen molar-refractivity contribution in [2.24, 2.45) is 0 Å². The molecule has 1 amide bonds. The molecule has 9 heteroatoms. The first-order chi connectivity index (χ1) is 13.8. The number of ether oxygens (including phenoxy) is 1. The van der Waals surface area contributed by atoms with E-state index < -0.39 is 30.1 Å². The number of anilines is 3. The van der Waals surface area contributed by atoms with E-state index in [9.17, 15) is 22.4 Å². The number of carbonyl (C=O) groups excluding carboxylic acids is 1. The molecule has 2 N–H and O–H groups in total. The van der Waals surface area contributed by atoms with Crippen LogP contribution in [0.4, 0.5) is 34.8 Å². The number of aromatic nitrogens is 1. The highest BCUT2D eigenvalue weighted by atomic mass is 19.4. The van der Waals surface area contributed by atoms with Gasteiger partial charge in [-0.3, -0.25) is 4.79 Å². The Balaban J connectivity index is 1.59. The van der Waals surface area contributed by atoms with Crippen molar-refractivity contribution in [3.05, 3.63) is 78.2 Å². The second kappa shape index (κ2) is 8.59. The van der Waals surface area contributed by atoms with Crippen molar-refractivity contribution in [3.8, 4) is 5.75 Å². The van der Waals surface area contributed by atoms with E-state index in [2.05, 4.69) is 15.6 Å². The van der Waals surface area contributed by atoms with E-state index in [1.807, 2.05) is 6.07 Å². The summed E-state index contributed by atoms with van der Waals surface area (Å²) in [7, 11) is 0. The number of pyridine rings is 1. The minimum atomic E-state index is -4.86. The summed E-state index contributed by atoms with van der Waals surface area (Å²) in [5.74, 6) is -1.10. The molecule has 3 rings (SSSR count). The minimum absolute atomic E-state index is 0.183. The molecule has 0 radical (unpaired) electrons. The fourth-order valence-electron chi connectivity index (χ4n) is 2.41. The molecule has 0 saturated heterocycles. The molecular weight excluding hydrogens is 390 g/mol. The van der Waals surface area contributed by atoms with Gasteiger partial charge in [0, 0.05) is 23.6 Å². The molecule has 1 heterocycles. The SMILES string of the molecule is O=C(COc1cccc(Nc2ccccn2)c1)Nc1ccc(F)c(C(F)(F)F)c1. The third kappa shape index (κ3) is 5.68. The maximum absolute atomic E-state index is 13.3. The average molecular weight is 405 g/mol. The lowest BCUT2D eigenvalue weighted by atomic mass is 10.2. The predicted octanol–water partition coefficient (Wildman–Crippen LogP) is 5.00. The zero-order valence-electron chi connectivity index (χ0n) is 14.8. The first-order valence-electron chi connectivity index (χ1n) is 8.39. The van der Waals surface area contributed by atoms with Crippen LogP contribution in [0.25, 0.3) is 0 Å². The first kappa shape index (κ1) is 20.1. The quantitative estimate of drug-likeness (QED) is 0.567. The lowest BCUT2D eigenvalue weighted by molar-refractivity contribution is -0.140. The summed E-state index contributed by atoms with van der Waals surface area (Å²) in [5, 5.41) is 5.31. The lowest BCUT2D eigenvalue weighted by Crippen LogP contribution is -2.20. The Labute approximate surface area is 163 Å². The molecule has 0 unspecified atom stereocenters. The summed E-state index contributed by atoms with van der Waals surface area (Å²) < 4.78 is 56.9. The van der Waals surface area contributed by atoms with Gasteiger partial charge in [0.25, 0.3) is 5.91 Å². The molecule has 0 spiro atoms. The van der Waals surface area contributed by atoms with Crippen LogP contribution in [0.15, 0.2) is 66.9 Å². The topological polar surface area (TPSA) is 63.2 Å². The Kier molecular flexibility index (Phi) is 5.96. The van der Waals surface area contributed by atoms with Crippen LogP contribution in [-0.2, 0) is 11.0 Å². The highest BCUT2D eigenvalue weighted by Gasteiger charge is 2.34. The van der Waals surface area contributed by atoms with Gasteiger partial charge in [0.1, 0.15) is 17.4 Å². The Hall–Kier alpha value is -3.62. The second-order valence-electron chi connectivity index (χ2n) is 5.90. The molecule has 0 aliphatic heterocycles. The Morgan fingerprint density at radius 2 is 1.83 bits per heavy atom. The van der Waals surface area contributed by atoms with Crippen molar-refractivity contribution in [3.63, 3.8) is 0 Å². The number of nitrogens with one attached hydrogen (secondary N) is 2. The summed E-state index contributed by atoms with van der Waals surface area (Å²) in [5.41, 5.74) is -0.961. The van der Waals surface area contributed by atoms with E-state index in [0.29, 0.717) is 29.4 Å². The smallest absolute Gasteiger partial charge is 0.419 e. The number of benzene rings is 2. The molecule has 0 aliphatic rings. The van der Waals surface area contributed by atoms with E-state index in [1.165, 1.54) is 0 Å². The van der Waals surface area contributed by atoms with Crippen LogP contribution in [-0.4, -0.2) is 17.5 Å². The molecule has 3 aromatic rings. The molecule has 0 aliphatic carbocycles. The number of hydrogen-bond acceptors (Lipinski definition) is 4. The van der Waals surface area contributed by atoms with Gasteiger partial charge in [-0.2, -0.15) is 13.2 Å². The van der Waals surface area contributed by atoms with Crippen molar-refractivity contribution >= 4 is 23.1 Å². The van der Waals surface area contributed by atoms with Gasteiger partial charge >= 0.3 is 6.18 Å². The van der Waals surface area contributed by atoms with Crippen LogP contribution in [0, 0.1) is 5.82 Å². The molecule has 1 aromatic heterocycles. The third-order valence-corrected chi connectivity index (χ3v) is 3.70. The largest absolute Gasteiger partial charge is 0.484 e. The maximum atomic E-state index is 13.3. The molecule has 2 aromatic carbocycles. The molecule has 29 heavy (non-hydrogen) atoms. The summed E-state index contributed by atoms with van der Waals surface area (Å²) in [6, 6.07) is 14.3. The fourth-order valence-corrected chi connectivity index (χ4v) is 2.41. The summed E-state index contributed by atoms with van der Waals surface area (Å²) in [4.78, 5) is 16.1. The van der Waals surface area contributed by atoms with Crippen LogP contribution in [0.2, 0.25) is 0 Å². The zero-order chi connectivity index (χ0) is 20.9. The highest BCUT2D eigenvalue weighted by molar-refractivity contribution is 5.92. The molecule has 0 atom stereocenters. The predicted molar refractivity (Wildman–Crippen MR) is 99.5 cm³/mol. The van der Waals surface area contributed by atoms with E-state index >= 15 is 0 Å². The van der Waals surface area contributed by atoms with Gasteiger partial charge in [0.05, 0.1) is 5.56 Å².